The Balaban J connectivity index is 1.32. The molecule has 1 aliphatic rings. The number of carbonyl (C=O) groups is 1. The van der Waals surface area contributed by atoms with Crippen molar-refractivity contribution >= 4 is 5.91 Å². The van der Waals surface area contributed by atoms with Crippen LogP contribution in [-0.4, -0.2) is 42.3 Å². The summed E-state index contributed by atoms with van der Waals surface area (Å²) in [6, 6.07) is 9.87. The van der Waals surface area contributed by atoms with Crippen molar-refractivity contribution in [1.29, 1.82) is 0 Å². The quantitative estimate of drug-likeness (QED) is 0.499. The van der Waals surface area contributed by atoms with Crippen LogP contribution in [0.4, 0.5) is 4.39 Å². The number of hydrogen-bond acceptors (Lipinski definition) is 5. The minimum Gasteiger partial charge on any atom is -0.341 e. The fourth-order valence-electron chi connectivity index (χ4n) is 4.15. The maximum absolute atomic E-state index is 13.3. The number of nitrogens with zero attached hydrogens (tertiary/aromatic N) is 5. The van der Waals surface area contributed by atoms with Gasteiger partial charge in [-0.2, -0.15) is 0 Å². The zero-order valence-corrected chi connectivity index (χ0v) is 18.2. The molecule has 1 saturated heterocycles. The fourth-order valence-corrected chi connectivity index (χ4v) is 4.15. The lowest BCUT2D eigenvalue weighted by Gasteiger charge is -2.24. The third-order valence-corrected chi connectivity index (χ3v) is 5.82. The van der Waals surface area contributed by atoms with Gasteiger partial charge < -0.3 is 9.88 Å². The van der Waals surface area contributed by atoms with Crippen molar-refractivity contribution in [1.82, 2.24) is 29.8 Å². The van der Waals surface area contributed by atoms with Gasteiger partial charge in [-0.05, 0) is 49.6 Å². The van der Waals surface area contributed by atoms with Crippen molar-refractivity contribution in [2.75, 3.05) is 6.54 Å². The van der Waals surface area contributed by atoms with Crippen molar-refractivity contribution in [3.05, 3.63) is 95.2 Å². The molecule has 1 aromatic carbocycles. The average molecular weight is 442 g/mol. The molecule has 0 unspecified atom stereocenters. The summed E-state index contributed by atoms with van der Waals surface area (Å²) in [6.45, 7) is 2.59. The van der Waals surface area contributed by atoms with Crippen molar-refractivity contribution in [2.24, 2.45) is 0 Å². The van der Waals surface area contributed by atoms with Crippen molar-refractivity contribution in [3.8, 4) is 11.5 Å². The molecular formula is C25H23FN6O. The molecule has 3 aromatic heterocycles. The van der Waals surface area contributed by atoms with E-state index >= 15 is 0 Å². The Morgan fingerprint density at radius 2 is 1.94 bits per heavy atom. The van der Waals surface area contributed by atoms with Crippen molar-refractivity contribution in [3.63, 3.8) is 0 Å². The van der Waals surface area contributed by atoms with Gasteiger partial charge in [0.25, 0.3) is 5.91 Å². The minimum absolute atomic E-state index is 0.0700. The molecular weight excluding hydrogens is 419 g/mol. The van der Waals surface area contributed by atoms with Crippen LogP contribution in [0.2, 0.25) is 0 Å². The van der Waals surface area contributed by atoms with Crippen LogP contribution in [0.3, 0.4) is 0 Å². The molecule has 4 aromatic rings. The average Bonchev–Trinajstić information content (AvgIpc) is 3.50. The highest BCUT2D eigenvalue weighted by molar-refractivity contribution is 5.94. The number of likely N-dealkylation sites (tertiary alicyclic amines) is 1. The monoisotopic (exact) mass is 442 g/mol. The number of H-pyrrole nitrogens is 1. The minimum atomic E-state index is -0.262. The largest absolute Gasteiger partial charge is 0.341 e. The number of carbonyl (C=O) groups excluding carboxylic acids is 1. The molecule has 166 valence electrons. The number of aromatic amines is 1. The van der Waals surface area contributed by atoms with Crippen LogP contribution in [-0.2, 0) is 6.42 Å². The second-order valence-corrected chi connectivity index (χ2v) is 8.24. The van der Waals surface area contributed by atoms with Crippen LogP contribution in [0.1, 0.15) is 51.9 Å². The van der Waals surface area contributed by atoms with Gasteiger partial charge in [-0.1, -0.05) is 12.1 Å². The molecule has 7 nitrogen and oxygen atoms in total. The standard InChI is InChI=1S/C25H23FN6O/c1-16-12-29-24(30-16)22-15-27-14-21(31-22)23-3-2-10-32(23)25(33)18-6-9-20(28-13-18)11-17-4-7-19(26)8-5-17/h4-9,12-15,23H,2-3,10-11H2,1H3,(H,29,30)/t23-/m1/s1. The molecule has 4 heterocycles. The number of amides is 1. The molecule has 1 aliphatic heterocycles. The molecule has 0 radical (unpaired) electrons. The van der Waals surface area contributed by atoms with Crippen molar-refractivity contribution in [2.45, 2.75) is 32.2 Å². The number of nitrogens with one attached hydrogen (secondary N) is 1. The van der Waals surface area contributed by atoms with Gasteiger partial charge in [0.1, 0.15) is 11.5 Å². The van der Waals surface area contributed by atoms with Gasteiger partial charge in [0.15, 0.2) is 5.82 Å². The first kappa shape index (κ1) is 20.9. The van der Waals surface area contributed by atoms with Crippen LogP contribution in [0.15, 0.2) is 61.2 Å². The highest BCUT2D eigenvalue weighted by atomic mass is 19.1. The van der Waals surface area contributed by atoms with E-state index in [1.165, 1.54) is 12.1 Å². The molecule has 1 fully saturated rings. The Hall–Kier alpha value is -3.94. The lowest BCUT2D eigenvalue weighted by Crippen LogP contribution is -2.31. The molecule has 0 aliphatic carbocycles. The first-order valence-electron chi connectivity index (χ1n) is 10.9. The number of aromatic nitrogens is 5. The second kappa shape index (κ2) is 8.90. The molecule has 0 saturated carbocycles. The van der Waals surface area contributed by atoms with E-state index in [1.807, 2.05) is 17.9 Å². The fraction of sp³-hybridized carbons (Fsp3) is 0.240. The predicted molar refractivity (Wildman–Crippen MR) is 121 cm³/mol. The van der Waals surface area contributed by atoms with E-state index in [-0.39, 0.29) is 17.8 Å². The molecule has 0 spiro atoms. The lowest BCUT2D eigenvalue weighted by atomic mass is 10.1. The summed E-state index contributed by atoms with van der Waals surface area (Å²) in [4.78, 5) is 36.2. The predicted octanol–water partition coefficient (Wildman–Crippen LogP) is 4.28. The second-order valence-electron chi connectivity index (χ2n) is 8.24. The first-order valence-corrected chi connectivity index (χ1v) is 10.9. The van der Waals surface area contributed by atoms with Crippen LogP contribution in [0, 0.1) is 12.7 Å². The summed E-state index contributed by atoms with van der Waals surface area (Å²) in [6.07, 6.45) is 9.07. The van der Waals surface area contributed by atoms with E-state index in [0.29, 0.717) is 30.0 Å². The van der Waals surface area contributed by atoms with E-state index in [4.69, 9.17) is 4.98 Å². The Bertz CT molecular complexity index is 1270. The summed E-state index contributed by atoms with van der Waals surface area (Å²) in [5, 5.41) is 0. The van der Waals surface area contributed by atoms with E-state index in [9.17, 15) is 9.18 Å². The highest BCUT2D eigenvalue weighted by Crippen LogP contribution is 2.32. The number of rotatable bonds is 5. The first-order chi connectivity index (χ1) is 16.1. The molecule has 1 N–H and O–H groups in total. The van der Waals surface area contributed by atoms with Gasteiger partial charge >= 0.3 is 0 Å². The zero-order chi connectivity index (χ0) is 22.8. The SMILES string of the molecule is Cc1cnc(-c2cncc([C@H]3CCCN3C(=O)c3ccc(Cc4ccc(F)cc4)nc3)n2)[nH]1. The van der Waals surface area contributed by atoms with Gasteiger partial charge in [-0.25, -0.2) is 14.4 Å². The molecule has 1 atom stereocenters. The van der Waals surface area contributed by atoms with Gasteiger partial charge in [-0.3, -0.25) is 14.8 Å². The third-order valence-electron chi connectivity index (χ3n) is 5.82. The normalized spacial score (nSPS) is 15.7. The number of halogens is 1. The topological polar surface area (TPSA) is 87.7 Å². The molecule has 5 rings (SSSR count). The van der Waals surface area contributed by atoms with E-state index < -0.39 is 0 Å². The molecule has 0 bridgehead atoms. The molecule has 33 heavy (non-hydrogen) atoms. The highest BCUT2D eigenvalue weighted by Gasteiger charge is 2.32. The van der Waals surface area contributed by atoms with Gasteiger partial charge in [-0.15, -0.1) is 0 Å². The zero-order valence-electron chi connectivity index (χ0n) is 18.2. The van der Waals surface area contributed by atoms with Gasteiger partial charge in [0.2, 0.25) is 0 Å². The Morgan fingerprint density at radius 1 is 1.09 bits per heavy atom. The number of hydrogen-bond donors (Lipinski definition) is 1. The lowest BCUT2D eigenvalue weighted by molar-refractivity contribution is 0.0732. The number of aryl methyl sites for hydroxylation is 1. The summed E-state index contributed by atoms with van der Waals surface area (Å²) < 4.78 is 13.1. The number of imidazole rings is 1. The van der Waals surface area contributed by atoms with Crippen LogP contribution in [0.25, 0.3) is 11.5 Å². The van der Waals surface area contributed by atoms with Gasteiger partial charge in [0, 0.05) is 36.7 Å². The Labute approximate surface area is 190 Å². The summed E-state index contributed by atoms with van der Waals surface area (Å²) in [5.74, 6) is 0.334. The van der Waals surface area contributed by atoms with E-state index in [0.717, 1.165) is 35.5 Å². The molecule has 1 amide bonds. The summed E-state index contributed by atoms with van der Waals surface area (Å²) in [5.41, 5.74) is 4.69. The summed E-state index contributed by atoms with van der Waals surface area (Å²) in [7, 11) is 0. The van der Waals surface area contributed by atoms with Gasteiger partial charge in [0.05, 0.1) is 29.7 Å². The van der Waals surface area contributed by atoms with Crippen LogP contribution < -0.4 is 0 Å². The van der Waals surface area contributed by atoms with Crippen LogP contribution >= 0.6 is 0 Å². The number of pyridine rings is 1. The maximum Gasteiger partial charge on any atom is 0.255 e. The Morgan fingerprint density at radius 3 is 2.67 bits per heavy atom. The molecule has 8 heteroatoms. The van der Waals surface area contributed by atoms with Crippen LogP contribution in [0.5, 0.6) is 0 Å². The third kappa shape index (κ3) is 4.50. The summed E-state index contributed by atoms with van der Waals surface area (Å²) >= 11 is 0. The van der Waals surface area contributed by atoms with E-state index in [2.05, 4.69) is 19.9 Å². The smallest absolute Gasteiger partial charge is 0.255 e. The number of benzene rings is 1. The Kier molecular flexibility index (Phi) is 5.64. The maximum atomic E-state index is 13.3. The van der Waals surface area contributed by atoms with Crippen molar-refractivity contribution < 1.29 is 9.18 Å². The van der Waals surface area contributed by atoms with E-state index in [1.54, 1.807) is 43.0 Å².